The van der Waals surface area contributed by atoms with Crippen molar-refractivity contribution < 1.29 is 4.74 Å². The second-order valence-electron chi connectivity index (χ2n) is 5.87. The highest BCUT2D eigenvalue weighted by atomic mass is 32.1. The molecule has 0 saturated carbocycles. The van der Waals surface area contributed by atoms with Gasteiger partial charge in [0.2, 0.25) is 4.96 Å². The van der Waals surface area contributed by atoms with Crippen LogP contribution in [0.1, 0.15) is 18.1 Å². The number of fused-ring (bicyclic) bond motifs is 1. The van der Waals surface area contributed by atoms with Gasteiger partial charge in [0.1, 0.15) is 5.75 Å². The number of aromatic nitrogens is 3. The molecule has 0 unspecified atom stereocenters. The van der Waals surface area contributed by atoms with Crippen LogP contribution in [0.4, 0.5) is 0 Å². The van der Waals surface area contributed by atoms with Crippen molar-refractivity contribution in [2.75, 3.05) is 6.61 Å². The lowest BCUT2D eigenvalue weighted by atomic mass is 10.1. The van der Waals surface area contributed by atoms with E-state index in [1.54, 1.807) is 4.40 Å². The number of hydrogen-bond acceptors (Lipinski definition) is 5. The summed E-state index contributed by atoms with van der Waals surface area (Å²) >= 11 is 1.34. The molecule has 0 fully saturated rings. The molecule has 26 heavy (non-hydrogen) atoms. The molecule has 0 amide bonds. The number of ether oxygens (including phenoxy) is 1. The zero-order chi connectivity index (χ0) is 18.1. The van der Waals surface area contributed by atoms with E-state index >= 15 is 0 Å². The van der Waals surface area contributed by atoms with Crippen molar-refractivity contribution in [1.82, 2.24) is 14.6 Å². The molecule has 0 aliphatic rings. The summed E-state index contributed by atoms with van der Waals surface area (Å²) in [6, 6.07) is 15.5. The lowest BCUT2D eigenvalue weighted by Gasteiger charge is -2.01. The Hall–Kier alpha value is -2.99. The maximum atomic E-state index is 12.9. The highest BCUT2D eigenvalue weighted by Gasteiger charge is 2.15. The van der Waals surface area contributed by atoms with Crippen LogP contribution in [0.2, 0.25) is 0 Å². The Morgan fingerprint density at radius 2 is 1.88 bits per heavy atom. The molecule has 5 nitrogen and oxygen atoms in total. The first-order valence-corrected chi connectivity index (χ1v) is 9.17. The summed E-state index contributed by atoms with van der Waals surface area (Å²) in [4.78, 5) is 13.5. The van der Waals surface area contributed by atoms with Gasteiger partial charge in [-0.1, -0.05) is 47.7 Å². The number of thiazole rings is 1. The third-order valence-electron chi connectivity index (χ3n) is 4.12. The molecule has 2 heterocycles. The lowest BCUT2D eigenvalue weighted by Crippen LogP contribution is -2.23. The summed E-state index contributed by atoms with van der Waals surface area (Å²) in [7, 11) is 0. The highest BCUT2D eigenvalue weighted by molar-refractivity contribution is 7.15. The van der Waals surface area contributed by atoms with Crippen molar-refractivity contribution in [3.05, 3.63) is 74.5 Å². The Balaban J connectivity index is 1.82. The van der Waals surface area contributed by atoms with E-state index in [2.05, 4.69) is 10.2 Å². The van der Waals surface area contributed by atoms with E-state index in [1.807, 2.05) is 68.5 Å². The van der Waals surface area contributed by atoms with Gasteiger partial charge in [0.05, 0.1) is 11.1 Å². The summed E-state index contributed by atoms with van der Waals surface area (Å²) in [5.41, 5.74) is 2.83. The largest absolute Gasteiger partial charge is 0.494 e. The van der Waals surface area contributed by atoms with E-state index < -0.39 is 0 Å². The van der Waals surface area contributed by atoms with E-state index in [9.17, 15) is 4.79 Å². The molecular weight excluding hydrogens is 346 g/mol. The van der Waals surface area contributed by atoms with Crippen LogP contribution in [0, 0.1) is 6.92 Å². The molecule has 2 aromatic carbocycles. The molecule has 130 valence electrons. The molecule has 0 N–H and O–H groups in total. The van der Waals surface area contributed by atoms with Crippen LogP contribution in [0.15, 0.2) is 53.3 Å². The molecular formula is C20H17N3O2S. The standard InChI is InChI=1S/C20H17N3O2S/c1-3-25-15-10-8-14(9-11-15)12-17-19(24)23-18(21-22-20(23)26-17)16-7-5-4-6-13(16)2/h4-12H,3H2,1-2H3. The first-order chi connectivity index (χ1) is 12.7. The molecule has 4 aromatic rings. The molecule has 0 radical (unpaired) electrons. The molecule has 0 spiro atoms. The zero-order valence-electron chi connectivity index (χ0n) is 14.5. The van der Waals surface area contributed by atoms with Crippen LogP contribution < -0.4 is 14.8 Å². The molecule has 0 saturated heterocycles. The molecule has 6 heteroatoms. The van der Waals surface area contributed by atoms with E-state index in [1.165, 1.54) is 11.3 Å². The number of benzene rings is 2. The Bertz CT molecular complexity index is 1180. The van der Waals surface area contributed by atoms with Gasteiger partial charge in [-0.25, -0.2) is 4.40 Å². The van der Waals surface area contributed by atoms with E-state index in [0.717, 1.165) is 22.4 Å². The van der Waals surface area contributed by atoms with Gasteiger partial charge >= 0.3 is 0 Å². The first kappa shape index (κ1) is 16.5. The average Bonchev–Trinajstić information content (AvgIpc) is 3.18. The summed E-state index contributed by atoms with van der Waals surface area (Å²) < 4.78 is 7.67. The maximum absolute atomic E-state index is 12.9. The lowest BCUT2D eigenvalue weighted by molar-refractivity contribution is 0.340. The van der Waals surface area contributed by atoms with Crippen LogP contribution in [0.5, 0.6) is 5.75 Å². The molecule has 0 atom stereocenters. The fourth-order valence-electron chi connectivity index (χ4n) is 2.84. The predicted molar refractivity (Wildman–Crippen MR) is 104 cm³/mol. The van der Waals surface area contributed by atoms with E-state index in [0.29, 0.717) is 21.9 Å². The molecule has 0 aliphatic carbocycles. The van der Waals surface area contributed by atoms with E-state index in [-0.39, 0.29) is 5.56 Å². The van der Waals surface area contributed by atoms with Crippen LogP contribution in [0.3, 0.4) is 0 Å². The maximum Gasteiger partial charge on any atom is 0.276 e. The van der Waals surface area contributed by atoms with Gasteiger partial charge in [-0.05, 0) is 43.2 Å². The quantitative estimate of drug-likeness (QED) is 0.559. The normalized spacial score (nSPS) is 12.0. The molecule has 4 rings (SSSR count). The third-order valence-corrected chi connectivity index (χ3v) is 5.08. The smallest absolute Gasteiger partial charge is 0.276 e. The Morgan fingerprint density at radius 3 is 2.62 bits per heavy atom. The van der Waals surface area contributed by atoms with Crippen LogP contribution in [-0.2, 0) is 0 Å². The van der Waals surface area contributed by atoms with Crippen molar-refractivity contribution in [2.24, 2.45) is 0 Å². The Morgan fingerprint density at radius 1 is 1.12 bits per heavy atom. The molecule has 0 bridgehead atoms. The number of hydrogen-bond donors (Lipinski definition) is 0. The number of rotatable bonds is 4. The fraction of sp³-hybridized carbons (Fsp3) is 0.150. The Kier molecular flexibility index (Phi) is 4.26. The summed E-state index contributed by atoms with van der Waals surface area (Å²) in [5, 5.41) is 8.41. The predicted octanol–water partition coefficient (Wildman–Crippen LogP) is 3.07. The monoisotopic (exact) mass is 363 g/mol. The minimum absolute atomic E-state index is 0.0952. The van der Waals surface area contributed by atoms with Crippen molar-refractivity contribution in [2.45, 2.75) is 13.8 Å². The first-order valence-electron chi connectivity index (χ1n) is 8.36. The van der Waals surface area contributed by atoms with Gasteiger partial charge in [-0.3, -0.25) is 4.79 Å². The summed E-state index contributed by atoms with van der Waals surface area (Å²) in [6.07, 6.45) is 1.87. The number of aryl methyl sites for hydroxylation is 1. The Labute approximate surface area is 154 Å². The second-order valence-corrected chi connectivity index (χ2v) is 6.88. The van der Waals surface area contributed by atoms with E-state index in [4.69, 9.17) is 4.74 Å². The summed E-state index contributed by atoms with van der Waals surface area (Å²) in [5.74, 6) is 1.41. The van der Waals surface area contributed by atoms with Crippen LogP contribution in [0.25, 0.3) is 22.4 Å². The number of nitrogens with zero attached hydrogens (tertiary/aromatic N) is 3. The topological polar surface area (TPSA) is 56.5 Å². The van der Waals surface area contributed by atoms with Gasteiger partial charge in [0.15, 0.2) is 5.82 Å². The van der Waals surface area contributed by atoms with Crippen molar-refractivity contribution in [1.29, 1.82) is 0 Å². The summed E-state index contributed by atoms with van der Waals surface area (Å²) in [6.45, 7) is 4.58. The third kappa shape index (κ3) is 2.88. The minimum Gasteiger partial charge on any atom is -0.494 e. The van der Waals surface area contributed by atoms with Crippen LogP contribution in [-0.4, -0.2) is 21.2 Å². The average molecular weight is 363 g/mol. The zero-order valence-corrected chi connectivity index (χ0v) is 15.3. The van der Waals surface area contributed by atoms with Crippen molar-refractivity contribution >= 4 is 22.4 Å². The molecule has 2 aromatic heterocycles. The highest BCUT2D eigenvalue weighted by Crippen LogP contribution is 2.21. The minimum atomic E-state index is -0.0952. The second kappa shape index (κ2) is 6.72. The van der Waals surface area contributed by atoms with Crippen molar-refractivity contribution in [3.8, 4) is 17.1 Å². The van der Waals surface area contributed by atoms with Crippen molar-refractivity contribution in [3.63, 3.8) is 0 Å². The van der Waals surface area contributed by atoms with Gasteiger partial charge in [-0.2, -0.15) is 0 Å². The van der Waals surface area contributed by atoms with Crippen LogP contribution >= 0.6 is 11.3 Å². The fourth-order valence-corrected chi connectivity index (χ4v) is 3.75. The van der Waals surface area contributed by atoms with Gasteiger partial charge in [0, 0.05) is 5.56 Å². The SMILES string of the molecule is CCOc1ccc(C=c2sc3nnc(-c4ccccc4C)n3c2=O)cc1. The molecule has 0 aliphatic heterocycles. The van der Waals surface area contributed by atoms with Gasteiger partial charge < -0.3 is 4.74 Å². The van der Waals surface area contributed by atoms with Gasteiger partial charge in [-0.15, -0.1) is 10.2 Å². The van der Waals surface area contributed by atoms with Gasteiger partial charge in [0.25, 0.3) is 5.56 Å².